The molecule has 0 aromatic carbocycles. The molecule has 2 heterocycles. The number of methoxy groups -OCH3 is 1. The zero-order valence-corrected chi connectivity index (χ0v) is 9.55. The number of esters is 1. The molecule has 1 aromatic rings. The van der Waals surface area contributed by atoms with Crippen LogP contribution in [0, 0.1) is 5.92 Å². The highest BCUT2D eigenvalue weighted by atomic mass is 16.5. The second-order valence-electron chi connectivity index (χ2n) is 4.13. The minimum absolute atomic E-state index is 0.133. The van der Waals surface area contributed by atoms with E-state index < -0.39 is 5.97 Å². The Balaban J connectivity index is 2.11. The van der Waals surface area contributed by atoms with Crippen LogP contribution in [-0.4, -0.2) is 33.7 Å². The molecule has 1 aromatic heterocycles. The Morgan fingerprint density at radius 3 is 3.06 bits per heavy atom. The number of carboxylic acid groups (broad SMARTS) is 1. The van der Waals surface area contributed by atoms with E-state index in [1.165, 1.54) is 7.11 Å². The van der Waals surface area contributed by atoms with Gasteiger partial charge < -0.3 is 14.4 Å². The molecule has 0 amide bonds. The van der Waals surface area contributed by atoms with Gasteiger partial charge in [0.15, 0.2) is 0 Å². The summed E-state index contributed by atoms with van der Waals surface area (Å²) in [5.41, 5.74) is 0.637. The molecule has 1 aliphatic heterocycles. The maximum Gasteiger partial charge on any atom is 0.311 e. The van der Waals surface area contributed by atoms with Crippen molar-refractivity contribution in [1.29, 1.82) is 0 Å². The van der Waals surface area contributed by atoms with Crippen LogP contribution < -0.4 is 0 Å². The minimum atomic E-state index is -0.779. The number of imidazole rings is 1. The average Bonchev–Trinajstić information content (AvgIpc) is 2.69. The molecule has 2 rings (SSSR count). The van der Waals surface area contributed by atoms with Gasteiger partial charge in [-0.3, -0.25) is 9.59 Å². The number of aromatic nitrogens is 2. The van der Waals surface area contributed by atoms with Crippen molar-refractivity contribution in [1.82, 2.24) is 9.55 Å². The lowest BCUT2D eigenvalue weighted by Crippen LogP contribution is -2.26. The molecule has 0 fully saturated rings. The van der Waals surface area contributed by atoms with Crippen molar-refractivity contribution in [3.63, 3.8) is 0 Å². The van der Waals surface area contributed by atoms with Gasteiger partial charge in [0.1, 0.15) is 5.82 Å². The van der Waals surface area contributed by atoms with Crippen molar-refractivity contribution in [3.8, 4) is 0 Å². The summed E-state index contributed by atoms with van der Waals surface area (Å²) in [5, 5.41) is 8.95. The van der Waals surface area contributed by atoms with Gasteiger partial charge in [0.25, 0.3) is 0 Å². The standard InChI is InChI=1S/C11H14N2O4/c1-17-10(14)4-8-6-13-5-7(11(15)16)2-3-9(13)12-8/h6-7H,2-5H2,1H3,(H,15,16). The van der Waals surface area contributed by atoms with E-state index in [1.54, 1.807) is 6.20 Å². The fourth-order valence-corrected chi connectivity index (χ4v) is 2.01. The van der Waals surface area contributed by atoms with E-state index in [1.807, 2.05) is 4.57 Å². The van der Waals surface area contributed by atoms with E-state index in [9.17, 15) is 9.59 Å². The Morgan fingerprint density at radius 2 is 2.41 bits per heavy atom. The maximum absolute atomic E-state index is 11.1. The van der Waals surface area contributed by atoms with Crippen molar-refractivity contribution < 1.29 is 19.4 Å². The second kappa shape index (κ2) is 4.57. The SMILES string of the molecule is COC(=O)Cc1cn2c(n1)CCC(C(=O)O)C2. The Hall–Kier alpha value is -1.85. The molecule has 17 heavy (non-hydrogen) atoms. The molecular weight excluding hydrogens is 224 g/mol. The third-order valence-corrected chi connectivity index (χ3v) is 2.94. The lowest BCUT2D eigenvalue weighted by Gasteiger charge is -2.19. The van der Waals surface area contributed by atoms with Gasteiger partial charge in [-0.05, 0) is 6.42 Å². The van der Waals surface area contributed by atoms with Gasteiger partial charge in [0, 0.05) is 19.2 Å². The smallest absolute Gasteiger partial charge is 0.311 e. The zero-order chi connectivity index (χ0) is 12.4. The average molecular weight is 238 g/mol. The number of hydrogen-bond acceptors (Lipinski definition) is 4. The highest BCUT2D eigenvalue weighted by Crippen LogP contribution is 2.20. The van der Waals surface area contributed by atoms with Gasteiger partial charge in [0.05, 0.1) is 25.1 Å². The first-order chi connectivity index (χ1) is 8.10. The molecule has 0 radical (unpaired) electrons. The van der Waals surface area contributed by atoms with Crippen molar-refractivity contribution in [2.75, 3.05) is 7.11 Å². The molecule has 0 aliphatic carbocycles. The van der Waals surface area contributed by atoms with Crippen LogP contribution in [0.3, 0.4) is 0 Å². The predicted molar refractivity (Wildman–Crippen MR) is 57.4 cm³/mol. The first kappa shape index (κ1) is 11.6. The van der Waals surface area contributed by atoms with Crippen LogP contribution in [0.2, 0.25) is 0 Å². The summed E-state index contributed by atoms with van der Waals surface area (Å²) >= 11 is 0. The van der Waals surface area contributed by atoms with Crippen LogP contribution in [0.25, 0.3) is 0 Å². The van der Waals surface area contributed by atoms with E-state index in [4.69, 9.17) is 5.11 Å². The number of rotatable bonds is 3. The maximum atomic E-state index is 11.1. The molecule has 0 spiro atoms. The third kappa shape index (κ3) is 2.46. The van der Waals surface area contributed by atoms with Crippen LogP contribution in [0.4, 0.5) is 0 Å². The monoisotopic (exact) mass is 238 g/mol. The number of aliphatic carboxylic acids is 1. The predicted octanol–water partition coefficient (Wildman–Crippen LogP) is 0.246. The Bertz CT molecular complexity index is 452. The normalized spacial score (nSPS) is 18.5. The van der Waals surface area contributed by atoms with Gasteiger partial charge in [-0.15, -0.1) is 0 Å². The fraction of sp³-hybridized carbons (Fsp3) is 0.545. The van der Waals surface area contributed by atoms with Gasteiger partial charge in [-0.2, -0.15) is 0 Å². The van der Waals surface area contributed by atoms with Gasteiger partial charge in [0.2, 0.25) is 0 Å². The largest absolute Gasteiger partial charge is 0.481 e. The minimum Gasteiger partial charge on any atom is -0.481 e. The molecule has 1 atom stereocenters. The van der Waals surface area contributed by atoms with Crippen LogP contribution in [0.15, 0.2) is 6.20 Å². The summed E-state index contributed by atoms with van der Waals surface area (Å²) in [6, 6.07) is 0. The highest BCUT2D eigenvalue weighted by Gasteiger charge is 2.25. The summed E-state index contributed by atoms with van der Waals surface area (Å²) in [6.45, 7) is 0.429. The third-order valence-electron chi connectivity index (χ3n) is 2.94. The molecule has 1 aliphatic rings. The lowest BCUT2D eigenvalue weighted by atomic mass is 10.00. The molecule has 0 bridgehead atoms. The van der Waals surface area contributed by atoms with Crippen molar-refractivity contribution in [2.24, 2.45) is 5.92 Å². The number of carboxylic acids is 1. The Labute approximate surface area is 98.2 Å². The lowest BCUT2D eigenvalue weighted by molar-refractivity contribution is -0.143. The topological polar surface area (TPSA) is 81.4 Å². The van der Waals surface area contributed by atoms with E-state index >= 15 is 0 Å². The molecule has 6 heteroatoms. The Morgan fingerprint density at radius 1 is 1.65 bits per heavy atom. The number of hydrogen-bond donors (Lipinski definition) is 1. The highest BCUT2D eigenvalue weighted by molar-refractivity contribution is 5.72. The van der Waals surface area contributed by atoms with Crippen molar-refractivity contribution in [3.05, 3.63) is 17.7 Å². The van der Waals surface area contributed by atoms with Crippen LogP contribution >= 0.6 is 0 Å². The van der Waals surface area contributed by atoms with E-state index in [-0.39, 0.29) is 18.3 Å². The second-order valence-corrected chi connectivity index (χ2v) is 4.13. The molecule has 0 saturated carbocycles. The molecule has 1 unspecified atom stereocenters. The summed E-state index contributed by atoms with van der Waals surface area (Å²) in [7, 11) is 1.33. The molecule has 92 valence electrons. The first-order valence-corrected chi connectivity index (χ1v) is 5.44. The van der Waals surface area contributed by atoms with Gasteiger partial charge >= 0.3 is 11.9 Å². The fourth-order valence-electron chi connectivity index (χ4n) is 2.01. The number of aryl methyl sites for hydroxylation is 1. The van der Waals surface area contributed by atoms with Gasteiger partial charge in [-0.1, -0.05) is 0 Å². The molecule has 6 nitrogen and oxygen atoms in total. The summed E-state index contributed by atoms with van der Waals surface area (Å²) in [6.07, 6.45) is 3.11. The number of carbonyl (C=O) groups is 2. The Kier molecular flexibility index (Phi) is 3.12. The molecule has 0 saturated heterocycles. The van der Waals surface area contributed by atoms with Crippen LogP contribution in [0.5, 0.6) is 0 Å². The number of ether oxygens (including phenoxy) is 1. The van der Waals surface area contributed by atoms with Crippen LogP contribution in [-0.2, 0) is 33.7 Å². The van der Waals surface area contributed by atoms with Crippen molar-refractivity contribution >= 4 is 11.9 Å². The zero-order valence-electron chi connectivity index (χ0n) is 9.55. The summed E-state index contributed by atoms with van der Waals surface area (Å²) in [5.74, 6) is -0.627. The van der Waals surface area contributed by atoms with E-state index in [0.29, 0.717) is 25.1 Å². The first-order valence-electron chi connectivity index (χ1n) is 5.44. The molecule has 1 N–H and O–H groups in total. The summed E-state index contributed by atoms with van der Waals surface area (Å²) in [4.78, 5) is 26.3. The van der Waals surface area contributed by atoms with Crippen LogP contribution in [0.1, 0.15) is 17.9 Å². The number of fused-ring (bicyclic) bond motifs is 1. The van der Waals surface area contributed by atoms with E-state index in [0.717, 1.165) is 5.82 Å². The summed E-state index contributed by atoms with van der Waals surface area (Å²) < 4.78 is 6.38. The number of nitrogens with zero attached hydrogens (tertiary/aromatic N) is 2. The molecular formula is C11H14N2O4. The quantitative estimate of drug-likeness (QED) is 0.763. The van der Waals surface area contributed by atoms with Gasteiger partial charge in [-0.25, -0.2) is 4.98 Å². The van der Waals surface area contributed by atoms with E-state index in [2.05, 4.69) is 9.72 Å². The number of carbonyl (C=O) groups excluding carboxylic acids is 1. The van der Waals surface area contributed by atoms with Crippen molar-refractivity contribution in [2.45, 2.75) is 25.8 Å².